The summed E-state index contributed by atoms with van der Waals surface area (Å²) in [6.07, 6.45) is 5.71. The summed E-state index contributed by atoms with van der Waals surface area (Å²) in [6.45, 7) is 7.87. The molecule has 0 aromatic heterocycles. The zero-order valence-corrected chi connectivity index (χ0v) is 11.3. The Hall–Kier alpha value is -0.120. The molecular formula is C14H27NO2. The van der Waals surface area contributed by atoms with Gasteiger partial charge in [0.1, 0.15) is 0 Å². The minimum atomic E-state index is 0.266. The van der Waals surface area contributed by atoms with E-state index in [1.165, 1.54) is 25.7 Å². The highest BCUT2D eigenvalue weighted by Gasteiger charge is 2.33. The highest BCUT2D eigenvalue weighted by Crippen LogP contribution is 2.32. The quantitative estimate of drug-likeness (QED) is 0.818. The van der Waals surface area contributed by atoms with E-state index in [9.17, 15) is 0 Å². The molecule has 2 unspecified atom stereocenters. The van der Waals surface area contributed by atoms with Gasteiger partial charge in [-0.15, -0.1) is 0 Å². The first kappa shape index (κ1) is 13.3. The van der Waals surface area contributed by atoms with Crippen LogP contribution in [0.2, 0.25) is 0 Å². The zero-order chi connectivity index (χ0) is 12.1. The van der Waals surface area contributed by atoms with Crippen LogP contribution in [0.5, 0.6) is 0 Å². The second kappa shape index (κ2) is 6.72. The Balaban J connectivity index is 1.90. The summed E-state index contributed by atoms with van der Waals surface area (Å²) in [5.41, 5.74) is 0. The minimum Gasteiger partial charge on any atom is -0.376 e. The van der Waals surface area contributed by atoms with Gasteiger partial charge in [0.15, 0.2) is 0 Å². The third-order valence-corrected chi connectivity index (χ3v) is 4.25. The van der Waals surface area contributed by atoms with Crippen LogP contribution in [0.25, 0.3) is 0 Å². The van der Waals surface area contributed by atoms with Crippen LogP contribution in [0, 0.1) is 11.8 Å². The number of hydrogen-bond acceptors (Lipinski definition) is 3. The van der Waals surface area contributed by atoms with E-state index in [0.717, 1.165) is 38.2 Å². The molecule has 1 saturated heterocycles. The van der Waals surface area contributed by atoms with Gasteiger partial charge in [-0.25, -0.2) is 0 Å². The predicted octanol–water partition coefficient (Wildman–Crippen LogP) is 2.21. The van der Waals surface area contributed by atoms with Crippen LogP contribution in [-0.2, 0) is 9.47 Å². The molecule has 1 saturated carbocycles. The van der Waals surface area contributed by atoms with Crippen molar-refractivity contribution in [1.82, 2.24) is 5.32 Å². The Labute approximate surface area is 105 Å². The first-order valence-corrected chi connectivity index (χ1v) is 7.24. The summed E-state index contributed by atoms with van der Waals surface area (Å²) < 4.78 is 11.4. The topological polar surface area (TPSA) is 30.5 Å². The van der Waals surface area contributed by atoms with Crippen molar-refractivity contribution in [2.45, 2.75) is 51.7 Å². The maximum Gasteiger partial charge on any atom is 0.0964 e. The highest BCUT2D eigenvalue weighted by atomic mass is 16.6. The van der Waals surface area contributed by atoms with Crippen LogP contribution >= 0.6 is 0 Å². The van der Waals surface area contributed by atoms with Crippen molar-refractivity contribution < 1.29 is 9.47 Å². The van der Waals surface area contributed by atoms with E-state index < -0.39 is 0 Å². The van der Waals surface area contributed by atoms with Gasteiger partial charge in [0.2, 0.25) is 0 Å². The molecule has 0 amide bonds. The van der Waals surface area contributed by atoms with Gasteiger partial charge in [-0.05, 0) is 31.2 Å². The molecule has 1 aliphatic heterocycles. The van der Waals surface area contributed by atoms with E-state index in [0.29, 0.717) is 6.04 Å². The molecule has 1 aliphatic carbocycles. The van der Waals surface area contributed by atoms with Crippen molar-refractivity contribution in [3.63, 3.8) is 0 Å². The van der Waals surface area contributed by atoms with Crippen LogP contribution in [-0.4, -0.2) is 38.5 Å². The lowest BCUT2D eigenvalue weighted by atomic mass is 9.77. The van der Waals surface area contributed by atoms with Crippen molar-refractivity contribution in [2.24, 2.45) is 11.8 Å². The number of nitrogens with one attached hydrogen (secondary N) is 1. The molecule has 0 radical (unpaired) electrons. The second-order valence-corrected chi connectivity index (χ2v) is 5.59. The normalized spacial score (nSPS) is 36.7. The van der Waals surface area contributed by atoms with E-state index in [4.69, 9.17) is 9.47 Å². The Morgan fingerprint density at radius 1 is 1.18 bits per heavy atom. The van der Waals surface area contributed by atoms with E-state index >= 15 is 0 Å². The van der Waals surface area contributed by atoms with Crippen molar-refractivity contribution in [3.8, 4) is 0 Å². The van der Waals surface area contributed by atoms with Crippen LogP contribution in [0.1, 0.15) is 39.5 Å². The standard InChI is InChI=1S/C14H27NO2/c1-3-15-14(13-10-16-8-9-17-13)12-6-4-11(2)5-7-12/h11-15H,3-10H2,1-2H3. The molecule has 1 heterocycles. The number of hydrogen-bond donors (Lipinski definition) is 1. The summed E-state index contributed by atoms with van der Waals surface area (Å²) in [5, 5.41) is 3.63. The smallest absolute Gasteiger partial charge is 0.0964 e. The van der Waals surface area contributed by atoms with Crippen LogP contribution < -0.4 is 5.32 Å². The average molecular weight is 241 g/mol. The van der Waals surface area contributed by atoms with Crippen molar-refractivity contribution in [3.05, 3.63) is 0 Å². The lowest BCUT2D eigenvalue weighted by Gasteiger charge is -2.39. The molecule has 1 N–H and O–H groups in total. The lowest BCUT2D eigenvalue weighted by Crippen LogP contribution is -2.51. The first-order valence-electron chi connectivity index (χ1n) is 7.24. The molecule has 3 heteroatoms. The fourth-order valence-electron chi connectivity index (χ4n) is 3.20. The van der Waals surface area contributed by atoms with Gasteiger partial charge in [-0.3, -0.25) is 0 Å². The molecule has 0 aromatic carbocycles. The Kier molecular flexibility index (Phi) is 5.26. The number of likely N-dealkylation sites (N-methyl/N-ethyl adjacent to an activating group) is 1. The molecule has 2 aliphatic rings. The largest absolute Gasteiger partial charge is 0.376 e. The summed E-state index contributed by atoms with van der Waals surface area (Å²) in [4.78, 5) is 0. The summed E-state index contributed by atoms with van der Waals surface area (Å²) >= 11 is 0. The van der Waals surface area contributed by atoms with Gasteiger partial charge >= 0.3 is 0 Å². The summed E-state index contributed by atoms with van der Waals surface area (Å²) in [5.74, 6) is 1.69. The maximum absolute atomic E-state index is 5.89. The predicted molar refractivity (Wildman–Crippen MR) is 69.1 cm³/mol. The van der Waals surface area contributed by atoms with Crippen molar-refractivity contribution in [1.29, 1.82) is 0 Å². The minimum absolute atomic E-state index is 0.266. The zero-order valence-electron chi connectivity index (χ0n) is 11.3. The van der Waals surface area contributed by atoms with Crippen LogP contribution in [0.4, 0.5) is 0 Å². The van der Waals surface area contributed by atoms with E-state index in [1.807, 2.05) is 0 Å². The van der Waals surface area contributed by atoms with Gasteiger partial charge in [0.05, 0.1) is 25.9 Å². The van der Waals surface area contributed by atoms with E-state index in [1.54, 1.807) is 0 Å². The van der Waals surface area contributed by atoms with Gasteiger partial charge in [-0.1, -0.05) is 26.7 Å². The third-order valence-electron chi connectivity index (χ3n) is 4.25. The van der Waals surface area contributed by atoms with E-state index in [2.05, 4.69) is 19.2 Å². The van der Waals surface area contributed by atoms with Gasteiger partial charge in [0.25, 0.3) is 0 Å². The van der Waals surface area contributed by atoms with Crippen molar-refractivity contribution >= 4 is 0 Å². The highest BCUT2D eigenvalue weighted by molar-refractivity contribution is 4.87. The summed E-state index contributed by atoms with van der Waals surface area (Å²) in [7, 11) is 0. The van der Waals surface area contributed by atoms with Crippen LogP contribution in [0.3, 0.4) is 0 Å². The SMILES string of the molecule is CCNC(C1CCC(C)CC1)C1COCCO1. The Morgan fingerprint density at radius 2 is 1.94 bits per heavy atom. The Bertz CT molecular complexity index is 208. The van der Waals surface area contributed by atoms with Gasteiger partial charge < -0.3 is 14.8 Å². The molecule has 2 rings (SSSR count). The fraction of sp³-hybridized carbons (Fsp3) is 1.00. The first-order chi connectivity index (χ1) is 8.31. The van der Waals surface area contributed by atoms with E-state index in [-0.39, 0.29) is 6.10 Å². The molecule has 100 valence electrons. The Morgan fingerprint density at radius 3 is 2.53 bits per heavy atom. The maximum atomic E-state index is 5.89. The molecule has 2 fully saturated rings. The molecule has 0 aromatic rings. The van der Waals surface area contributed by atoms with Crippen molar-refractivity contribution in [2.75, 3.05) is 26.4 Å². The number of rotatable bonds is 4. The second-order valence-electron chi connectivity index (χ2n) is 5.59. The molecule has 0 spiro atoms. The molecular weight excluding hydrogens is 214 g/mol. The monoisotopic (exact) mass is 241 g/mol. The fourth-order valence-corrected chi connectivity index (χ4v) is 3.20. The molecule has 0 bridgehead atoms. The lowest BCUT2D eigenvalue weighted by molar-refractivity contribution is -0.110. The van der Waals surface area contributed by atoms with Gasteiger partial charge in [0, 0.05) is 6.04 Å². The van der Waals surface area contributed by atoms with Crippen LogP contribution in [0.15, 0.2) is 0 Å². The summed E-state index contributed by atoms with van der Waals surface area (Å²) in [6, 6.07) is 0.493. The molecule has 17 heavy (non-hydrogen) atoms. The third kappa shape index (κ3) is 3.67. The molecule has 3 nitrogen and oxygen atoms in total. The molecule has 2 atom stereocenters. The van der Waals surface area contributed by atoms with Gasteiger partial charge in [-0.2, -0.15) is 0 Å². The average Bonchev–Trinajstić information content (AvgIpc) is 2.38. The number of ether oxygens (including phenoxy) is 2.